The topological polar surface area (TPSA) is 48.4 Å². The van der Waals surface area contributed by atoms with Gasteiger partial charge in [0.25, 0.3) is 0 Å². The molecule has 1 aliphatic rings. The van der Waals surface area contributed by atoms with Crippen molar-refractivity contribution in [2.45, 2.75) is 19.3 Å². The second-order valence-electron chi connectivity index (χ2n) is 4.63. The van der Waals surface area contributed by atoms with Crippen LogP contribution >= 0.6 is 11.3 Å². The first-order valence-electron chi connectivity index (χ1n) is 6.48. The van der Waals surface area contributed by atoms with Gasteiger partial charge in [0.1, 0.15) is 22.2 Å². The Morgan fingerprint density at radius 1 is 1.20 bits per heavy atom. The predicted molar refractivity (Wildman–Crippen MR) is 77.9 cm³/mol. The fourth-order valence-electron chi connectivity index (χ4n) is 2.36. The number of benzene rings is 1. The van der Waals surface area contributed by atoms with E-state index in [9.17, 15) is 4.79 Å². The minimum absolute atomic E-state index is 0.154. The summed E-state index contributed by atoms with van der Waals surface area (Å²) in [7, 11) is 3.24. The molecule has 0 fully saturated rings. The number of carbonyl (C=O) groups excluding carboxylic acids is 1. The lowest BCUT2D eigenvalue weighted by molar-refractivity contribution is 0.0968. The molecule has 1 aromatic heterocycles. The SMILES string of the molecule is COc1ccc(-c2nc3c(s2)CCCC3=O)c(OC)c1. The average Bonchev–Trinajstić information content (AvgIpc) is 2.92. The maximum atomic E-state index is 11.9. The highest BCUT2D eigenvalue weighted by Gasteiger charge is 2.23. The molecule has 4 nitrogen and oxygen atoms in total. The molecule has 20 heavy (non-hydrogen) atoms. The lowest BCUT2D eigenvalue weighted by Crippen LogP contribution is -2.08. The largest absolute Gasteiger partial charge is 0.497 e. The van der Waals surface area contributed by atoms with Crippen molar-refractivity contribution >= 4 is 17.1 Å². The number of hydrogen-bond donors (Lipinski definition) is 0. The molecule has 1 aliphatic carbocycles. The molecule has 1 heterocycles. The summed E-state index contributed by atoms with van der Waals surface area (Å²) in [5, 5.41) is 0.838. The van der Waals surface area contributed by atoms with Crippen LogP contribution in [0.25, 0.3) is 10.6 Å². The molecule has 5 heteroatoms. The van der Waals surface area contributed by atoms with Crippen molar-refractivity contribution in [1.82, 2.24) is 4.98 Å². The van der Waals surface area contributed by atoms with Crippen molar-refractivity contribution < 1.29 is 14.3 Å². The number of Topliss-reactive ketones (excluding diaryl/α,β-unsaturated/α-hetero) is 1. The molecular weight excluding hydrogens is 274 g/mol. The van der Waals surface area contributed by atoms with Gasteiger partial charge >= 0.3 is 0 Å². The number of nitrogens with zero attached hydrogens (tertiary/aromatic N) is 1. The minimum Gasteiger partial charge on any atom is -0.497 e. The number of methoxy groups -OCH3 is 2. The molecule has 0 atom stereocenters. The summed E-state index contributed by atoms with van der Waals surface area (Å²) in [4.78, 5) is 17.5. The number of ketones is 1. The number of aryl methyl sites for hydroxylation is 1. The Balaban J connectivity index is 2.07. The number of rotatable bonds is 3. The van der Waals surface area contributed by atoms with Crippen LogP contribution in [0.3, 0.4) is 0 Å². The molecule has 0 saturated carbocycles. The lowest BCUT2D eigenvalue weighted by Gasteiger charge is -2.08. The maximum Gasteiger partial charge on any atom is 0.182 e. The van der Waals surface area contributed by atoms with Crippen molar-refractivity contribution in [2.75, 3.05) is 14.2 Å². The Kier molecular flexibility index (Phi) is 3.44. The molecule has 2 aromatic rings. The smallest absolute Gasteiger partial charge is 0.182 e. The van der Waals surface area contributed by atoms with E-state index in [2.05, 4.69) is 4.98 Å². The summed E-state index contributed by atoms with van der Waals surface area (Å²) in [6.07, 6.45) is 2.47. The van der Waals surface area contributed by atoms with Crippen molar-refractivity contribution in [3.05, 3.63) is 28.8 Å². The van der Waals surface area contributed by atoms with Crippen LogP contribution in [0.2, 0.25) is 0 Å². The number of hydrogen-bond acceptors (Lipinski definition) is 5. The zero-order valence-electron chi connectivity index (χ0n) is 11.4. The zero-order valence-corrected chi connectivity index (χ0v) is 12.3. The van der Waals surface area contributed by atoms with Crippen molar-refractivity contribution in [2.24, 2.45) is 0 Å². The fourth-order valence-corrected chi connectivity index (χ4v) is 3.51. The van der Waals surface area contributed by atoms with Gasteiger partial charge in [0.05, 0.1) is 19.8 Å². The van der Waals surface area contributed by atoms with Gasteiger partial charge in [-0.05, 0) is 25.0 Å². The van der Waals surface area contributed by atoms with Crippen LogP contribution in [0, 0.1) is 0 Å². The van der Waals surface area contributed by atoms with E-state index in [-0.39, 0.29) is 5.78 Å². The van der Waals surface area contributed by atoms with Crippen LogP contribution < -0.4 is 9.47 Å². The van der Waals surface area contributed by atoms with E-state index < -0.39 is 0 Å². The number of carbonyl (C=O) groups is 1. The second kappa shape index (κ2) is 5.25. The Morgan fingerprint density at radius 3 is 2.75 bits per heavy atom. The Morgan fingerprint density at radius 2 is 2.05 bits per heavy atom. The highest BCUT2D eigenvalue weighted by atomic mass is 32.1. The summed E-state index contributed by atoms with van der Waals surface area (Å²) >= 11 is 1.58. The third-order valence-electron chi connectivity index (χ3n) is 3.41. The van der Waals surface area contributed by atoms with E-state index in [0.29, 0.717) is 17.9 Å². The van der Waals surface area contributed by atoms with Gasteiger partial charge in [-0.3, -0.25) is 4.79 Å². The first-order valence-corrected chi connectivity index (χ1v) is 7.30. The highest BCUT2D eigenvalue weighted by molar-refractivity contribution is 7.15. The van der Waals surface area contributed by atoms with Gasteiger partial charge in [-0.1, -0.05) is 0 Å². The monoisotopic (exact) mass is 289 g/mol. The number of fused-ring (bicyclic) bond motifs is 1. The standard InChI is InChI=1S/C15H15NO3S/c1-18-9-6-7-10(12(8-9)19-2)15-16-14-11(17)4-3-5-13(14)20-15/h6-8H,3-5H2,1-2H3. The van der Waals surface area contributed by atoms with Crippen LogP contribution in [0.15, 0.2) is 18.2 Å². The van der Waals surface area contributed by atoms with Crippen LogP contribution in [-0.2, 0) is 6.42 Å². The van der Waals surface area contributed by atoms with Gasteiger partial charge in [-0.25, -0.2) is 4.98 Å². The van der Waals surface area contributed by atoms with E-state index in [4.69, 9.17) is 9.47 Å². The minimum atomic E-state index is 0.154. The van der Waals surface area contributed by atoms with Gasteiger partial charge in [-0.2, -0.15) is 0 Å². The van der Waals surface area contributed by atoms with E-state index in [1.807, 2.05) is 18.2 Å². The normalized spacial score (nSPS) is 14.0. The number of aromatic nitrogens is 1. The van der Waals surface area contributed by atoms with Crippen LogP contribution in [0.1, 0.15) is 28.2 Å². The molecule has 0 aliphatic heterocycles. The molecule has 0 unspecified atom stereocenters. The summed E-state index contributed by atoms with van der Waals surface area (Å²) in [5.41, 5.74) is 1.55. The van der Waals surface area contributed by atoms with Crippen molar-refractivity contribution in [3.63, 3.8) is 0 Å². The third-order valence-corrected chi connectivity index (χ3v) is 4.56. The number of ether oxygens (including phenoxy) is 2. The van der Waals surface area contributed by atoms with Gasteiger partial charge in [0.15, 0.2) is 5.78 Å². The van der Waals surface area contributed by atoms with Crippen LogP contribution in [0.4, 0.5) is 0 Å². The molecule has 1 aromatic carbocycles. The third kappa shape index (κ3) is 2.18. The van der Waals surface area contributed by atoms with Crippen LogP contribution in [0.5, 0.6) is 11.5 Å². The van der Waals surface area contributed by atoms with Gasteiger partial charge < -0.3 is 9.47 Å². The predicted octanol–water partition coefficient (Wildman–Crippen LogP) is 3.35. The highest BCUT2D eigenvalue weighted by Crippen LogP contribution is 2.38. The Bertz CT molecular complexity index is 663. The molecule has 0 radical (unpaired) electrons. The quantitative estimate of drug-likeness (QED) is 0.869. The van der Waals surface area contributed by atoms with E-state index in [0.717, 1.165) is 34.0 Å². The van der Waals surface area contributed by atoms with Gasteiger partial charge in [0.2, 0.25) is 0 Å². The van der Waals surface area contributed by atoms with E-state index in [1.165, 1.54) is 0 Å². The summed E-state index contributed by atoms with van der Waals surface area (Å²) in [5.74, 6) is 1.60. The van der Waals surface area contributed by atoms with E-state index >= 15 is 0 Å². The molecular formula is C15H15NO3S. The summed E-state index contributed by atoms with van der Waals surface area (Å²) < 4.78 is 10.6. The van der Waals surface area contributed by atoms with Crippen molar-refractivity contribution in [3.8, 4) is 22.1 Å². The summed E-state index contributed by atoms with van der Waals surface area (Å²) in [6, 6.07) is 5.63. The fraction of sp³-hybridized carbons (Fsp3) is 0.333. The summed E-state index contributed by atoms with van der Waals surface area (Å²) in [6.45, 7) is 0. The zero-order chi connectivity index (χ0) is 14.1. The molecule has 104 valence electrons. The molecule has 3 rings (SSSR count). The molecule has 0 saturated heterocycles. The molecule has 0 spiro atoms. The van der Waals surface area contributed by atoms with Gasteiger partial charge in [0, 0.05) is 17.4 Å². The molecule has 0 amide bonds. The lowest BCUT2D eigenvalue weighted by atomic mass is 10.0. The second-order valence-corrected chi connectivity index (χ2v) is 5.72. The van der Waals surface area contributed by atoms with Gasteiger partial charge in [-0.15, -0.1) is 11.3 Å². The molecule has 0 bridgehead atoms. The molecule has 0 N–H and O–H groups in total. The average molecular weight is 289 g/mol. The van der Waals surface area contributed by atoms with Crippen LogP contribution in [-0.4, -0.2) is 25.0 Å². The Labute approximate surface area is 121 Å². The number of thiazole rings is 1. The Hall–Kier alpha value is -1.88. The first-order chi connectivity index (χ1) is 9.72. The van der Waals surface area contributed by atoms with Crippen molar-refractivity contribution in [1.29, 1.82) is 0 Å². The first kappa shape index (κ1) is 13.1. The van der Waals surface area contributed by atoms with E-state index in [1.54, 1.807) is 25.6 Å². The maximum absolute atomic E-state index is 11.9.